The zero-order chi connectivity index (χ0) is 13.8. The van der Waals surface area contributed by atoms with E-state index in [1.165, 1.54) is 0 Å². The highest BCUT2D eigenvalue weighted by molar-refractivity contribution is 6.33. The Morgan fingerprint density at radius 2 is 2.00 bits per heavy atom. The van der Waals surface area contributed by atoms with Crippen LogP contribution in [-0.4, -0.2) is 28.2 Å². The molecule has 0 saturated heterocycles. The van der Waals surface area contributed by atoms with Crippen LogP contribution in [0.1, 0.15) is 27.2 Å². The molecule has 0 unspecified atom stereocenters. The van der Waals surface area contributed by atoms with Crippen LogP contribution in [-0.2, 0) is 4.79 Å². The van der Waals surface area contributed by atoms with E-state index in [1.54, 1.807) is 6.07 Å². The minimum Gasteiger partial charge on any atom is -0.382 e. The van der Waals surface area contributed by atoms with Gasteiger partial charge in [0.15, 0.2) is 10.3 Å². The molecule has 7 heteroatoms. The average molecular weight is 291 g/mol. The van der Waals surface area contributed by atoms with Gasteiger partial charge < -0.3 is 10.6 Å². The van der Waals surface area contributed by atoms with E-state index in [2.05, 4.69) is 20.8 Å². The van der Waals surface area contributed by atoms with Crippen LogP contribution < -0.4 is 10.6 Å². The molecule has 0 fully saturated rings. The number of carbonyl (C=O) groups is 1. The second-order valence-corrected chi connectivity index (χ2v) is 5.59. The van der Waals surface area contributed by atoms with Crippen LogP contribution >= 0.6 is 23.2 Å². The molecular weight excluding hydrogens is 275 g/mol. The van der Waals surface area contributed by atoms with Gasteiger partial charge in [-0.25, -0.2) is 0 Å². The van der Waals surface area contributed by atoms with Gasteiger partial charge in [0.1, 0.15) is 0 Å². The number of nitrogens with one attached hydrogen (secondary N) is 2. The Labute approximate surface area is 116 Å². The fourth-order valence-corrected chi connectivity index (χ4v) is 1.57. The molecule has 100 valence electrons. The van der Waals surface area contributed by atoms with E-state index in [0.29, 0.717) is 18.7 Å². The molecule has 0 bridgehead atoms. The molecule has 5 nitrogen and oxygen atoms in total. The standard InChI is InChI=1S/C11H16Cl2N4O/c1-11(2,3)15-9(18)4-5-14-7-6-8(12)16-17-10(7)13/h6H,4-5H2,1-3H3,(H,14,16)(H,15,18). The predicted molar refractivity (Wildman–Crippen MR) is 73.1 cm³/mol. The van der Waals surface area contributed by atoms with Crippen LogP contribution in [0.25, 0.3) is 0 Å². The highest BCUT2D eigenvalue weighted by atomic mass is 35.5. The first-order valence-corrected chi connectivity index (χ1v) is 6.27. The normalized spacial score (nSPS) is 11.2. The quantitative estimate of drug-likeness (QED) is 0.894. The van der Waals surface area contributed by atoms with Crippen molar-refractivity contribution in [2.45, 2.75) is 32.7 Å². The molecule has 1 aromatic heterocycles. The largest absolute Gasteiger partial charge is 0.382 e. The number of aromatic nitrogens is 2. The number of hydrogen-bond donors (Lipinski definition) is 2. The van der Waals surface area contributed by atoms with Gasteiger partial charge in [-0.3, -0.25) is 4.79 Å². The molecule has 0 aliphatic heterocycles. The van der Waals surface area contributed by atoms with E-state index in [1.807, 2.05) is 20.8 Å². The number of halogens is 2. The molecule has 1 heterocycles. The van der Waals surface area contributed by atoms with Gasteiger partial charge in [0.25, 0.3) is 0 Å². The summed E-state index contributed by atoms with van der Waals surface area (Å²) in [5.74, 6) is -0.0285. The summed E-state index contributed by atoms with van der Waals surface area (Å²) in [7, 11) is 0. The molecule has 0 aromatic carbocycles. The van der Waals surface area contributed by atoms with E-state index < -0.39 is 0 Å². The SMILES string of the molecule is CC(C)(C)NC(=O)CCNc1cc(Cl)nnc1Cl. The lowest BCUT2D eigenvalue weighted by molar-refractivity contribution is -0.122. The highest BCUT2D eigenvalue weighted by Gasteiger charge is 2.13. The van der Waals surface area contributed by atoms with Gasteiger partial charge in [0, 0.05) is 24.6 Å². The number of amides is 1. The summed E-state index contributed by atoms with van der Waals surface area (Å²) in [6.07, 6.45) is 0.341. The first-order valence-electron chi connectivity index (χ1n) is 5.51. The van der Waals surface area contributed by atoms with Gasteiger partial charge in [0.2, 0.25) is 5.91 Å². The topological polar surface area (TPSA) is 66.9 Å². The molecule has 0 spiro atoms. The summed E-state index contributed by atoms with van der Waals surface area (Å²) < 4.78 is 0. The number of hydrogen-bond acceptors (Lipinski definition) is 4. The van der Waals surface area contributed by atoms with Gasteiger partial charge in [-0.15, -0.1) is 10.2 Å². The minimum atomic E-state index is -0.226. The molecule has 0 atom stereocenters. The van der Waals surface area contributed by atoms with Crippen molar-refractivity contribution in [1.29, 1.82) is 0 Å². The molecule has 0 radical (unpaired) electrons. The summed E-state index contributed by atoms with van der Waals surface area (Å²) >= 11 is 11.5. The first kappa shape index (κ1) is 15.0. The Kier molecular flexibility index (Phi) is 5.16. The Balaban J connectivity index is 2.42. The van der Waals surface area contributed by atoms with Crippen LogP contribution in [0.3, 0.4) is 0 Å². The molecule has 1 amide bonds. The third-order valence-electron chi connectivity index (χ3n) is 1.90. The van der Waals surface area contributed by atoms with Gasteiger partial charge >= 0.3 is 0 Å². The van der Waals surface area contributed by atoms with Crippen LogP contribution in [0.2, 0.25) is 10.3 Å². The monoisotopic (exact) mass is 290 g/mol. The lowest BCUT2D eigenvalue weighted by Crippen LogP contribution is -2.41. The maximum atomic E-state index is 11.6. The Hall–Kier alpha value is -1.07. The number of carbonyl (C=O) groups excluding carboxylic acids is 1. The van der Waals surface area contributed by atoms with Crippen molar-refractivity contribution in [3.8, 4) is 0 Å². The summed E-state index contributed by atoms with van der Waals surface area (Å²) in [6.45, 7) is 6.24. The average Bonchev–Trinajstić information content (AvgIpc) is 2.20. The van der Waals surface area contributed by atoms with Crippen molar-refractivity contribution in [3.63, 3.8) is 0 Å². The molecule has 0 aliphatic carbocycles. The lowest BCUT2D eigenvalue weighted by atomic mass is 10.1. The van der Waals surface area contributed by atoms with Crippen molar-refractivity contribution < 1.29 is 4.79 Å². The molecule has 0 saturated carbocycles. The molecule has 1 aromatic rings. The van der Waals surface area contributed by atoms with Crippen LogP contribution in [0, 0.1) is 0 Å². The fourth-order valence-electron chi connectivity index (χ4n) is 1.27. The van der Waals surface area contributed by atoms with Crippen molar-refractivity contribution in [2.75, 3.05) is 11.9 Å². The van der Waals surface area contributed by atoms with Crippen LogP contribution in [0.5, 0.6) is 0 Å². The second kappa shape index (κ2) is 6.20. The zero-order valence-corrected chi connectivity index (χ0v) is 12.1. The smallest absolute Gasteiger partial charge is 0.222 e. The minimum absolute atomic E-state index is 0.0285. The van der Waals surface area contributed by atoms with Crippen LogP contribution in [0.4, 0.5) is 5.69 Å². The van der Waals surface area contributed by atoms with Gasteiger partial charge in [-0.05, 0) is 20.8 Å². The van der Waals surface area contributed by atoms with Crippen LogP contribution in [0.15, 0.2) is 6.07 Å². The third-order valence-corrected chi connectivity index (χ3v) is 2.36. The summed E-state index contributed by atoms with van der Waals surface area (Å²) in [4.78, 5) is 11.6. The fraction of sp³-hybridized carbons (Fsp3) is 0.545. The zero-order valence-electron chi connectivity index (χ0n) is 10.6. The molecule has 1 rings (SSSR count). The predicted octanol–water partition coefficient (Wildman–Crippen LogP) is 2.50. The van der Waals surface area contributed by atoms with E-state index >= 15 is 0 Å². The number of rotatable bonds is 4. The second-order valence-electron chi connectivity index (χ2n) is 4.85. The van der Waals surface area contributed by atoms with Crippen molar-refractivity contribution in [1.82, 2.24) is 15.5 Å². The molecule has 18 heavy (non-hydrogen) atoms. The first-order chi connectivity index (χ1) is 8.28. The summed E-state index contributed by atoms with van der Waals surface area (Å²) in [6, 6.07) is 1.57. The maximum absolute atomic E-state index is 11.6. The van der Waals surface area contributed by atoms with E-state index in [4.69, 9.17) is 23.2 Å². The van der Waals surface area contributed by atoms with E-state index in [9.17, 15) is 4.79 Å². The maximum Gasteiger partial charge on any atom is 0.222 e. The van der Waals surface area contributed by atoms with Gasteiger partial charge in [0.05, 0.1) is 5.69 Å². The van der Waals surface area contributed by atoms with Crippen molar-refractivity contribution in [3.05, 3.63) is 16.4 Å². The number of anilines is 1. The summed E-state index contributed by atoms with van der Waals surface area (Å²) in [5, 5.41) is 13.6. The Morgan fingerprint density at radius 1 is 1.33 bits per heavy atom. The molecular formula is C11H16Cl2N4O. The lowest BCUT2D eigenvalue weighted by Gasteiger charge is -2.20. The van der Waals surface area contributed by atoms with Crippen molar-refractivity contribution in [2.24, 2.45) is 0 Å². The Morgan fingerprint density at radius 3 is 2.61 bits per heavy atom. The molecule has 2 N–H and O–H groups in total. The van der Waals surface area contributed by atoms with Crippen molar-refractivity contribution >= 4 is 34.8 Å². The third kappa shape index (κ3) is 5.51. The summed E-state index contributed by atoms with van der Waals surface area (Å²) in [5.41, 5.74) is 0.344. The van der Waals surface area contributed by atoms with E-state index in [-0.39, 0.29) is 21.8 Å². The van der Waals surface area contributed by atoms with Gasteiger partial charge in [-0.1, -0.05) is 23.2 Å². The Bertz CT molecular complexity index is 432. The highest BCUT2D eigenvalue weighted by Crippen LogP contribution is 2.20. The number of nitrogens with zero attached hydrogens (tertiary/aromatic N) is 2. The van der Waals surface area contributed by atoms with Gasteiger partial charge in [-0.2, -0.15) is 0 Å². The molecule has 0 aliphatic rings. The van der Waals surface area contributed by atoms with E-state index in [0.717, 1.165) is 0 Å².